The fourth-order valence-electron chi connectivity index (χ4n) is 4.91. The molecule has 0 spiro atoms. The number of carbonyl (C=O) groups is 1. The van der Waals surface area contributed by atoms with E-state index in [4.69, 9.17) is 0 Å². The highest BCUT2D eigenvalue weighted by atomic mass is 32.2. The Kier molecular flexibility index (Phi) is 11.5. The summed E-state index contributed by atoms with van der Waals surface area (Å²) >= 11 is 0.872. The van der Waals surface area contributed by atoms with Gasteiger partial charge >= 0.3 is 0 Å². The first-order valence-corrected chi connectivity index (χ1v) is 13.7. The first-order chi connectivity index (χ1) is 17.4. The van der Waals surface area contributed by atoms with E-state index in [1.807, 2.05) is 0 Å². The standard InChI is InChI=1S/C15H14N2O5S.C12H23N/c18-11-7-5-10(6-8-11)9-12(15(19)20)16-23-14-4-2-1-3-13(14)17(21)22;1-3-7-11(8-4-1)13-12-9-5-2-6-10-12/h1-8,12,16,18H,9H2,(H,19,20);11-13H,1-10H2/t12-;/m1./s1. The predicted octanol–water partition coefficient (Wildman–Crippen LogP) is 3.47. The van der Waals surface area contributed by atoms with Crippen LogP contribution in [0.5, 0.6) is 5.75 Å². The van der Waals surface area contributed by atoms with Crippen molar-refractivity contribution < 1.29 is 25.2 Å². The quantitative estimate of drug-likeness (QED) is 0.265. The van der Waals surface area contributed by atoms with Gasteiger partial charge in [0, 0.05) is 6.07 Å². The zero-order valence-electron chi connectivity index (χ0n) is 20.6. The molecule has 2 saturated carbocycles. The van der Waals surface area contributed by atoms with Crippen LogP contribution in [0.15, 0.2) is 53.4 Å². The average molecular weight is 516 g/mol. The van der Waals surface area contributed by atoms with E-state index >= 15 is 0 Å². The summed E-state index contributed by atoms with van der Waals surface area (Å²) in [7, 11) is 0. The van der Waals surface area contributed by atoms with Gasteiger partial charge in [0.15, 0.2) is 0 Å². The van der Waals surface area contributed by atoms with Gasteiger partial charge in [-0.3, -0.25) is 14.8 Å². The third-order valence-electron chi connectivity index (χ3n) is 6.88. The number of nitrogens with one attached hydrogen (secondary N) is 1. The second-order valence-electron chi connectivity index (χ2n) is 9.68. The van der Waals surface area contributed by atoms with Crippen molar-refractivity contribution in [1.82, 2.24) is 4.72 Å². The molecule has 2 fully saturated rings. The molecule has 8 nitrogen and oxygen atoms in total. The van der Waals surface area contributed by atoms with E-state index in [0.29, 0.717) is 10.5 Å². The molecule has 1 atom stereocenters. The molecular formula is C27H37N3O5S. The van der Waals surface area contributed by atoms with Crippen LogP contribution in [-0.2, 0) is 11.2 Å². The van der Waals surface area contributed by atoms with Gasteiger partial charge in [-0.15, -0.1) is 0 Å². The molecule has 0 radical (unpaired) electrons. The second kappa shape index (κ2) is 14.8. The smallest absolute Gasteiger partial charge is 0.284 e. The van der Waals surface area contributed by atoms with E-state index in [-0.39, 0.29) is 17.9 Å². The van der Waals surface area contributed by atoms with E-state index in [1.165, 1.54) is 94.5 Å². The van der Waals surface area contributed by atoms with Crippen molar-refractivity contribution in [3.63, 3.8) is 0 Å². The molecule has 36 heavy (non-hydrogen) atoms. The van der Waals surface area contributed by atoms with Crippen molar-refractivity contribution in [3.05, 3.63) is 64.2 Å². The highest BCUT2D eigenvalue weighted by Gasteiger charge is 2.22. The Bertz CT molecular complexity index is 944. The molecule has 4 rings (SSSR count). The number of carbonyl (C=O) groups excluding carboxylic acids is 1. The molecule has 0 aliphatic heterocycles. The molecule has 2 aliphatic rings. The number of para-hydroxylation sites is 1. The number of rotatable bonds is 9. The van der Waals surface area contributed by atoms with E-state index in [0.717, 1.165) is 24.0 Å². The SMILES string of the molecule is C1CCC([NH2+]C2CCCCC2)CC1.O=C([O-])[C@@H](Cc1ccc(O)cc1)NSc1ccccc1[N+](=O)[O-]. The number of nitro groups is 1. The van der Waals surface area contributed by atoms with Crippen LogP contribution in [0.3, 0.4) is 0 Å². The van der Waals surface area contributed by atoms with E-state index in [9.17, 15) is 25.1 Å². The summed E-state index contributed by atoms with van der Waals surface area (Å²) in [5, 5.41) is 34.1. The molecule has 0 heterocycles. The number of aliphatic carboxylic acids is 1. The first kappa shape index (κ1) is 28.0. The molecule has 0 bridgehead atoms. The van der Waals surface area contributed by atoms with Crippen LogP contribution in [0.4, 0.5) is 5.69 Å². The lowest BCUT2D eigenvalue weighted by Gasteiger charge is -2.27. The minimum Gasteiger partial charge on any atom is -0.548 e. The molecule has 0 saturated heterocycles. The van der Waals surface area contributed by atoms with Crippen LogP contribution < -0.4 is 15.1 Å². The average Bonchev–Trinajstić information content (AvgIpc) is 2.89. The lowest BCUT2D eigenvalue weighted by molar-refractivity contribution is -0.725. The Morgan fingerprint density at radius 1 is 0.972 bits per heavy atom. The van der Waals surface area contributed by atoms with Crippen LogP contribution in [0.25, 0.3) is 0 Å². The summed E-state index contributed by atoms with van der Waals surface area (Å²) in [6.07, 6.45) is 15.1. The number of phenolic OH excluding ortho intramolecular Hbond substituents is 1. The number of aromatic hydroxyl groups is 1. The molecule has 0 amide bonds. The summed E-state index contributed by atoms with van der Waals surface area (Å²) < 4.78 is 2.68. The van der Waals surface area contributed by atoms with Crippen LogP contribution in [0, 0.1) is 10.1 Å². The summed E-state index contributed by atoms with van der Waals surface area (Å²) in [6.45, 7) is 0. The molecule has 2 aliphatic carbocycles. The highest BCUT2D eigenvalue weighted by Crippen LogP contribution is 2.27. The largest absolute Gasteiger partial charge is 0.548 e. The Morgan fingerprint density at radius 2 is 1.53 bits per heavy atom. The summed E-state index contributed by atoms with van der Waals surface area (Å²) in [5.41, 5.74) is 0.583. The van der Waals surface area contributed by atoms with Crippen molar-refractivity contribution in [2.24, 2.45) is 0 Å². The van der Waals surface area contributed by atoms with Gasteiger partial charge in [-0.2, -0.15) is 0 Å². The van der Waals surface area contributed by atoms with Crippen LogP contribution >= 0.6 is 11.9 Å². The lowest BCUT2D eigenvalue weighted by Crippen LogP contribution is -2.95. The Hall–Kier alpha value is -2.62. The normalized spacial score (nSPS) is 17.6. The van der Waals surface area contributed by atoms with Gasteiger partial charge < -0.3 is 20.3 Å². The molecule has 4 N–H and O–H groups in total. The maximum atomic E-state index is 11.2. The van der Waals surface area contributed by atoms with Gasteiger partial charge in [-0.05, 0) is 93.5 Å². The van der Waals surface area contributed by atoms with Gasteiger partial charge in [0.25, 0.3) is 5.69 Å². The molecule has 0 unspecified atom stereocenters. The molecule has 0 aromatic heterocycles. The topological polar surface area (TPSA) is 132 Å². The third-order valence-corrected chi connectivity index (χ3v) is 7.85. The predicted molar refractivity (Wildman–Crippen MR) is 138 cm³/mol. The van der Waals surface area contributed by atoms with Gasteiger partial charge in [0.2, 0.25) is 0 Å². The molecule has 196 valence electrons. The van der Waals surface area contributed by atoms with E-state index in [2.05, 4.69) is 10.0 Å². The molecule has 2 aromatic rings. The fraction of sp³-hybridized carbons (Fsp3) is 0.519. The number of benzene rings is 2. The van der Waals surface area contributed by atoms with Crippen molar-refractivity contribution in [3.8, 4) is 5.75 Å². The third kappa shape index (κ3) is 9.44. The van der Waals surface area contributed by atoms with Crippen LogP contribution in [0.2, 0.25) is 0 Å². The van der Waals surface area contributed by atoms with Crippen molar-refractivity contribution in [2.75, 3.05) is 0 Å². The number of nitro benzene ring substituents is 1. The summed E-state index contributed by atoms with van der Waals surface area (Å²) in [4.78, 5) is 22.0. The van der Waals surface area contributed by atoms with Gasteiger partial charge in [0.05, 0.1) is 29.0 Å². The number of quaternary nitrogens is 1. The van der Waals surface area contributed by atoms with Crippen LogP contribution in [0.1, 0.15) is 69.8 Å². The molecular weight excluding hydrogens is 478 g/mol. The number of nitrogens with two attached hydrogens (primary N) is 1. The van der Waals surface area contributed by atoms with Crippen molar-refractivity contribution in [1.29, 1.82) is 0 Å². The summed E-state index contributed by atoms with van der Waals surface area (Å²) in [6, 6.07) is 13.1. The van der Waals surface area contributed by atoms with E-state index in [1.54, 1.807) is 18.2 Å². The zero-order chi connectivity index (χ0) is 25.8. The number of hydrogen-bond donors (Lipinski definition) is 3. The fourth-order valence-corrected chi connectivity index (χ4v) is 5.75. The maximum Gasteiger partial charge on any atom is 0.284 e. The van der Waals surface area contributed by atoms with Gasteiger partial charge in [-0.25, -0.2) is 0 Å². The van der Waals surface area contributed by atoms with Gasteiger partial charge in [-0.1, -0.05) is 37.1 Å². The first-order valence-electron chi connectivity index (χ1n) is 12.9. The number of nitrogens with zero attached hydrogens (tertiary/aromatic N) is 1. The second-order valence-corrected chi connectivity index (χ2v) is 10.6. The van der Waals surface area contributed by atoms with Crippen LogP contribution in [-0.4, -0.2) is 34.1 Å². The Morgan fingerprint density at radius 3 is 2.06 bits per heavy atom. The minimum absolute atomic E-state index is 0.0843. The van der Waals surface area contributed by atoms with Crippen molar-refractivity contribution in [2.45, 2.75) is 93.7 Å². The minimum atomic E-state index is -1.32. The highest BCUT2D eigenvalue weighted by molar-refractivity contribution is 7.97. The number of hydrogen-bond acceptors (Lipinski definition) is 7. The number of carboxylic acids is 1. The monoisotopic (exact) mass is 515 g/mol. The number of phenols is 1. The lowest BCUT2D eigenvalue weighted by atomic mass is 9.91. The zero-order valence-corrected chi connectivity index (χ0v) is 21.5. The maximum absolute atomic E-state index is 11.2. The van der Waals surface area contributed by atoms with E-state index < -0.39 is 16.9 Å². The Labute approximate surface area is 217 Å². The Balaban J connectivity index is 0.000000233. The summed E-state index contributed by atoms with van der Waals surface area (Å²) in [5.74, 6) is -1.23. The van der Waals surface area contributed by atoms with Gasteiger partial charge in [0.1, 0.15) is 10.6 Å². The van der Waals surface area contributed by atoms with Crippen molar-refractivity contribution >= 4 is 23.6 Å². The number of carboxylic acid groups (broad SMARTS) is 1. The molecule has 2 aromatic carbocycles. The molecule has 9 heteroatoms.